The standard InChI is InChI=1S/C9H11BrN2O2S/c1-7(10)6-12-15(13,14)9-4-2-3-8(11)5-9/h2-5,12H,1,6,11H2. The van der Waals surface area contributed by atoms with Crippen LogP contribution in [0, 0.1) is 0 Å². The van der Waals surface area contributed by atoms with Crippen LogP contribution in [0.1, 0.15) is 0 Å². The van der Waals surface area contributed by atoms with E-state index in [2.05, 4.69) is 27.2 Å². The fourth-order valence-electron chi connectivity index (χ4n) is 0.938. The van der Waals surface area contributed by atoms with Crippen LogP contribution in [-0.2, 0) is 10.0 Å². The van der Waals surface area contributed by atoms with Gasteiger partial charge < -0.3 is 5.73 Å². The molecule has 0 aromatic heterocycles. The predicted molar refractivity (Wildman–Crippen MR) is 64.1 cm³/mol. The molecule has 0 amide bonds. The minimum atomic E-state index is -3.50. The first-order valence-electron chi connectivity index (χ1n) is 4.10. The molecule has 0 heterocycles. The molecule has 1 aromatic rings. The molecule has 1 rings (SSSR count). The Morgan fingerprint density at radius 3 is 2.73 bits per heavy atom. The second-order valence-electron chi connectivity index (χ2n) is 2.91. The smallest absolute Gasteiger partial charge is 0.240 e. The van der Waals surface area contributed by atoms with Gasteiger partial charge in [-0.25, -0.2) is 13.1 Å². The Balaban J connectivity index is 2.91. The SMILES string of the molecule is C=C(Br)CNS(=O)(=O)c1cccc(N)c1. The fourth-order valence-corrected chi connectivity index (χ4v) is 2.34. The Hall–Kier alpha value is -0.850. The van der Waals surface area contributed by atoms with Crippen LogP contribution < -0.4 is 10.5 Å². The molecule has 1 aromatic carbocycles. The lowest BCUT2D eigenvalue weighted by atomic mass is 10.3. The van der Waals surface area contributed by atoms with Gasteiger partial charge in [0.15, 0.2) is 0 Å². The van der Waals surface area contributed by atoms with Crippen molar-refractivity contribution in [3.8, 4) is 0 Å². The van der Waals surface area contributed by atoms with Gasteiger partial charge in [-0.05, 0) is 18.2 Å². The molecule has 0 aliphatic carbocycles. The molecule has 0 unspecified atom stereocenters. The fraction of sp³-hybridized carbons (Fsp3) is 0.111. The number of nitrogens with one attached hydrogen (secondary N) is 1. The third kappa shape index (κ3) is 3.65. The molecule has 0 saturated carbocycles. The van der Waals surface area contributed by atoms with Gasteiger partial charge in [0.25, 0.3) is 0 Å². The Kier molecular flexibility index (Phi) is 3.90. The molecule has 0 fully saturated rings. The Labute approximate surface area is 97.4 Å². The average Bonchev–Trinajstić information content (AvgIpc) is 2.15. The van der Waals surface area contributed by atoms with Crippen molar-refractivity contribution in [2.45, 2.75) is 4.90 Å². The summed E-state index contributed by atoms with van der Waals surface area (Å²) in [6.07, 6.45) is 0. The third-order valence-corrected chi connectivity index (χ3v) is 3.30. The van der Waals surface area contributed by atoms with E-state index >= 15 is 0 Å². The van der Waals surface area contributed by atoms with E-state index in [0.29, 0.717) is 10.2 Å². The van der Waals surface area contributed by atoms with Gasteiger partial charge in [0.1, 0.15) is 0 Å². The molecule has 82 valence electrons. The van der Waals surface area contributed by atoms with Gasteiger partial charge in [0, 0.05) is 16.7 Å². The molecule has 0 bridgehead atoms. The Bertz CT molecular complexity index is 471. The maximum Gasteiger partial charge on any atom is 0.240 e. The summed E-state index contributed by atoms with van der Waals surface area (Å²) in [5, 5.41) is 0. The second kappa shape index (κ2) is 4.78. The Morgan fingerprint density at radius 1 is 1.53 bits per heavy atom. The molecule has 0 aliphatic heterocycles. The van der Waals surface area contributed by atoms with E-state index in [1.54, 1.807) is 12.1 Å². The number of rotatable bonds is 4. The van der Waals surface area contributed by atoms with E-state index in [4.69, 9.17) is 5.73 Å². The maximum atomic E-state index is 11.7. The largest absolute Gasteiger partial charge is 0.399 e. The number of anilines is 1. The second-order valence-corrected chi connectivity index (χ2v) is 5.80. The molecule has 0 saturated heterocycles. The molecule has 0 atom stereocenters. The number of sulfonamides is 1. The van der Waals surface area contributed by atoms with Crippen LogP contribution in [0.5, 0.6) is 0 Å². The van der Waals surface area contributed by atoms with Crippen LogP contribution in [0.15, 0.2) is 40.2 Å². The predicted octanol–water partition coefficient (Wildman–Crippen LogP) is 1.46. The van der Waals surface area contributed by atoms with E-state index < -0.39 is 10.0 Å². The summed E-state index contributed by atoms with van der Waals surface area (Å²) in [6.45, 7) is 3.68. The van der Waals surface area contributed by atoms with Crippen LogP contribution in [-0.4, -0.2) is 15.0 Å². The Morgan fingerprint density at radius 2 is 2.20 bits per heavy atom. The maximum absolute atomic E-state index is 11.7. The monoisotopic (exact) mass is 290 g/mol. The van der Waals surface area contributed by atoms with Gasteiger partial charge in [-0.2, -0.15) is 0 Å². The summed E-state index contributed by atoms with van der Waals surface area (Å²) >= 11 is 3.07. The topological polar surface area (TPSA) is 72.2 Å². The lowest BCUT2D eigenvalue weighted by molar-refractivity contribution is 0.585. The molecule has 0 aliphatic rings. The van der Waals surface area contributed by atoms with Crippen molar-refractivity contribution < 1.29 is 8.42 Å². The highest BCUT2D eigenvalue weighted by molar-refractivity contribution is 9.11. The van der Waals surface area contributed by atoms with Crippen LogP contribution in [0.25, 0.3) is 0 Å². The molecule has 3 N–H and O–H groups in total. The highest BCUT2D eigenvalue weighted by atomic mass is 79.9. The lowest BCUT2D eigenvalue weighted by Gasteiger charge is -2.06. The minimum absolute atomic E-state index is 0.149. The summed E-state index contributed by atoms with van der Waals surface area (Å²) < 4.78 is 26.3. The minimum Gasteiger partial charge on any atom is -0.399 e. The normalized spacial score (nSPS) is 11.3. The van der Waals surface area contributed by atoms with Crippen molar-refractivity contribution in [2.24, 2.45) is 0 Å². The molecule has 15 heavy (non-hydrogen) atoms. The van der Waals surface area contributed by atoms with Crippen molar-refractivity contribution in [1.29, 1.82) is 0 Å². The van der Waals surface area contributed by atoms with Crippen LogP contribution in [0.4, 0.5) is 5.69 Å². The molecule has 0 spiro atoms. The van der Waals surface area contributed by atoms with Crippen LogP contribution in [0.3, 0.4) is 0 Å². The van der Waals surface area contributed by atoms with Crippen LogP contribution in [0.2, 0.25) is 0 Å². The van der Waals surface area contributed by atoms with E-state index in [-0.39, 0.29) is 11.4 Å². The number of halogens is 1. The highest BCUT2D eigenvalue weighted by Gasteiger charge is 2.13. The van der Waals surface area contributed by atoms with E-state index in [0.717, 1.165) is 0 Å². The first-order chi connectivity index (χ1) is 6.92. The van der Waals surface area contributed by atoms with E-state index in [9.17, 15) is 8.42 Å². The van der Waals surface area contributed by atoms with Crippen molar-refractivity contribution in [3.05, 3.63) is 35.3 Å². The molecule has 6 heteroatoms. The van der Waals surface area contributed by atoms with Gasteiger partial charge in [0.2, 0.25) is 10.0 Å². The van der Waals surface area contributed by atoms with Gasteiger partial charge in [0.05, 0.1) is 4.90 Å². The van der Waals surface area contributed by atoms with E-state index in [1.807, 2.05) is 0 Å². The first kappa shape index (κ1) is 12.2. The van der Waals surface area contributed by atoms with Gasteiger partial charge in [-0.15, -0.1) is 0 Å². The summed E-state index contributed by atoms with van der Waals surface area (Å²) in [5.74, 6) is 0. The summed E-state index contributed by atoms with van der Waals surface area (Å²) in [5.41, 5.74) is 5.90. The van der Waals surface area contributed by atoms with Crippen molar-refractivity contribution in [1.82, 2.24) is 4.72 Å². The van der Waals surface area contributed by atoms with E-state index in [1.165, 1.54) is 12.1 Å². The number of nitrogens with two attached hydrogens (primary N) is 1. The van der Waals surface area contributed by atoms with Gasteiger partial charge in [-0.1, -0.05) is 28.6 Å². The number of benzene rings is 1. The van der Waals surface area contributed by atoms with Crippen molar-refractivity contribution in [3.63, 3.8) is 0 Å². The lowest BCUT2D eigenvalue weighted by Crippen LogP contribution is -2.24. The number of hydrogen-bond acceptors (Lipinski definition) is 3. The zero-order chi connectivity index (χ0) is 11.5. The number of nitrogen functional groups attached to an aromatic ring is 1. The third-order valence-electron chi connectivity index (χ3n) is 1.62. The zero-order valence-electron chi connectivity index (χ0n) is 7.90. The summed E-state index contributed by atoms with van der Waals surface area (Å²) in [6, 6.07) is 6.10. The van der Waals surface area contributed by atoms with Gasteiger partial charge in [-0.3, -0.25) is 0 Å². The number of hydrogen-bond donors (Lipinski definition) is 2. The summed E-state index contributed by atoms with van der Waals surface area (Å²) in [7, 11) is -3.50. The quantitative estimate of drug-likeness (QED) is 0.825. The average molecular weight is 291 g/mol. The highest BCUT2D eigenvalue weighted by Crippen LogP contribution is 2.12. The molecular formula is C9H11BrN2O2S. The zero-order valence-corrected chi connectivity index (χ0v) is 10.3. The first-order valence-corrected chi connectivity index (χ1v) is 6.38. The van der Waals surface area contributed by atoms with Crippen molar-refractivity contribution >= 4 is 31.6 Å². The molecular weight excluding hydrogens is 280 g/mol. The molecule has 0 radical (unpaired) electrons. The van der Waals surface area contributed by atoms with Crippen molar-refractivity contribution in [2.75, 3.05) is 12.3 Å². The summed E-state index contributed by atoms with van der Waals surface area (Å²) in [4.78, 5) is 0.149. The van der Waals surface area contributed by atoms with Gasteiger partial charge >= 0.3 is 0 Å². The molecule has 4 nitrogen and oxygen atoms in total. The van der Waals surface area contributed by atoms with Crippen LogP contribution >= 0.6 is 15.9 Å².